The number of para-hydroxylation sites is 1. The number of anilines is 1. The highest BCUT2D eigenvalue weighted by Crippen LogP contribution is 2.38. The van der Waals surface area contributed by atoms with Gasteiger partial charge in [0.25, 0.3) is 0 Å². The zero-order chi connectivity index (χ0) is 14.9. The summed E-state index contributed by atoms with van der Waals surface area (Å²) in [5, 5.41) is 11.8. The number of benzene rings is 1. The first-order valence-corrected chi connectivity index (χ1v) is 7.50. The number of rotatable bonds is 5. The fourth-order valence-corrected chi connectivity index (χ4v) is 2.36. The first-order valence-electron chi connectivity index (χ1n) is 7.50. The van der Waals surface area contributed by atoms with Gasteiger partial charge in [-0.05, 0) is 31.9 Å². The highest BCUT2D eigenvalue weighted by molar-refractivity contribution is 5.43. The van der Waals surface area contributed by atoms with E-state index in [1.54, 1.807) is 6.20 Å². The summed E-state index contributed by atoms with van der Waals surface area (Å²) in [6.07, 6.45) is 6.08. The molecule has 112 valence electrons. The van der Waals surface area contributed by atoms with Gasteiger partial charge >= 0.3 is 0 Å². The quantitative estimate of drug-likeness (QED) is 0.782. The van der Waals surface area contributed by atoms with Gasteiger partial charge in [-0.2, -0.15) is 10.1 Å². The predicted molar refractivity (Wildman–Crippen MR) is 81.9 cm³/mol. The molecule has 0 saturated heterocycles. The molecule has 0 amide bonds. The van der Waals surface area contributed by atoms with Crippen LogP contribution >= 0.6 is 0 Å². The standard InChI is InChI=1S/C16H17N5O/c1-11(16-19-15(20-22-16)12-7-8-12)18-13-9-17-21(10-13)14-5-3-2-4-6-14/h2-6,9-12,18H,7-8H2,1H3/t11-/m1/s1. The van der Waals surface area contributed by atoms with E-state index in [1.165, 1.54) is 12.8 Å². The van der Waals surface area contributed by atoms with Crippen molar-refractivity contribution in [2.24, 2.45) is 0 Å². The second kappa shape index (κ2) is 5.29. The van der Waals surface area contributed by atoms with Crippen molar-refractivity contribution < 1.29 is 4.52 Å². The van der Waals surface area contributed by atoms with Crippen molar-refractivity contribution in [2.75, 3.05) is 5.32 Å². The van der Waals surface area contributed by atoms with E-state index in [2.05, 4.69) is 20.6 Å². The molecule has 1 saturated carbocycles. The van der Waals surface area contributed by atoms with Gasteiger partial charge in [-0.1, -0.05) is 23.4 Å². The molecule has 1 aliphatic rings. The minimum Gasteiger partial charge on any atom is -0.371 e. The fourth-order valence-electron chi connectivity index (χ4n) is 2.36. The third kappa shape index (κ3) is 2.59. The van der Waals surface area contributed by atoms with Crippen molar-refractivity contribution in [1.29, 1.82) is 0 Å². The Kier molecular flexibility index (Phi) is 3.14. The monoisotopic (exact) mass is 295 g/mol. The smallest absolute Gasteiger partial charge is 0.248 e. The summed E-state index contributed by atoms with van der Waals surface area (Å²) in [6, 6.07) is 9.95. The van der Waals surface area contributed by atoms with Gasteiger partial charge in [-0.15, -0.1) is 0 Å². The summed E-state index contributed by atoms with van der Waals surface area (Å²) in [4.78, 5) is 4.47. The van der Waals surface area contributed by atoms with Crippen LogP contribution in [-0.2, 0) is 0 Å². The molecule has 0 bridgehead atoms. The third-order valence-corrected chi connectivity index (χ3v) is 3.76. The lowest BCUT2D eigenvalue weighted by atomic mass is 10.3. The van der Waals surface area contributed by atoms with Crippen LogP contribution < -0.4 is 5.32 Å². The SMILES string of the molecule is C[C@@H](Nc1cnn(-c2ccccc2)c1)c1nc(C2CC2)no1. The summed E-state index contributed by atoms with van der Waals surface area (Å²) in [7, 11) is 0. The van der Waals surface area contributed by atoms with E-state index < -0.39 is 0 Å². The molecule has 1 aliphatic carbocycles. The zero-order valence-corrected chi connectivity index (χ0v) is 12.3. The van der Waals surface area contributed by atoms with Crippen molar-refractivity contribution in [3.63, 3.8) is 0 Å². The van der Waals surface area contributed by atoms with Crippen LogP contribution in [0.1, 0.15) is 43.4 Å². The Morgan fingerprint density at radius 2 is 2.09 bits per heavy atom. The molecule has 2 aromatic heterocycles. The number of hydrogen-bond acceptors (Lipinski definition) is 5. The number of hydrogen-bond donors (Lipinski definition) is 1. The third-order valence-electron chi connectivity index (χ3n) is 3.76. The van der Waals surface area contributed by atoms with E-state index in [0.29, 0.717) is 11.8 Å². The van der Waals surface area contributed by atoms with Crippen molar-refractivity contribution in [3.05, 3.63) is 54.4 Å². The summed E-state index contributed by atoms with van der Waals surface area (Å²) >= 11 is 0. The Labute approximate surface area is 128 Å². The molecule has 1 N–H and O–H groups in total. The van der Waals surface area contributed by atoms with E-state index in [0.717, 1.165) is 17.2 Å². The maximum atomic E-state index is 5.34. The molecule has 1 aromatic carbocycles. The van der Waals surface area contributed by atoms with Gasteiger partial charge in [0.1, 0.15) is 6.04 Å². The Bertz CT molecular complexity index is 760. The number of nitrogens with zero attached hydrogens (tertiary/aromatic N) is 4. The van der Waals surface area contributed by atoms with Crippen molar-refractivity contribution in [3.8, 4) is 5.69 Å². The summed E-state index contributed by atoms with van der Waals surface area (Å²) < 4.78 is 7.17. The summed E-state index contributed by atoms with van der Waals surface area (Å²) in [5.74, 6) is 1.96. The molecule has 0 radical (unpaired) electrons. The molecular weight excluding hydrogens is 278 g/mol. The topological polar surface area (TPSA) is 68.8 Å². The molecule has 6 nitrogen and oxygen atoms in total. The van der Waals surface area contributed by atoms with Crippen LogP contribution in [0.15, 0.2) is 47.2 Å². The van der Waals surface area contributed by atoms with Gasteiger partial charge < -0.3 is 9.84 Å². The molecule has 1 fully saturated rings. The van der Waals surface area contributed by atoms with Crippen LogP contribution in [0.3, 0.4) is 0 Å². The Hall–Kier alpha value is -2.63. The molecule has 2 heterocycles. The molecule has 1 atom stereocenters. The van der Waals surface area contributed by atoms with E-state index in [9.17, 15) is 0 Å². The average molecular weight is 295 g/mol. The van der Waals surface area contributed by atoms with Gasteiger partial charge in [-0.3, -0.25) is 0 Å². The number of aromatic nitrogens is 4. The van der Waals surface area contributed by atoms with Gasteiger partial charge in [0.15, 0.2) is 5.82 Å². The van der Waals surface area contributed by atoms with Gasteiger partial charge in [0.05, 0.1) is 23.8 Å². The summed E-state index contributed by atoms with van der Waals surface area (Å²) in [5.41, 5.74) is 1.94. The van der Waals surface area contributed by atoms with Crippen LogP contribution in [0.2, 0.25) is 0 Å². The molecule has 0 unspecified atom stereocenters. The first-order chi connectivity index (χ1) is 10.8. The van der Waals surface area contributed by atoms with Crippen molar-refractivity contribution in [2.45, 2.75) is 31.7 Å². The van der Waals surface area contributed by atoms with Crippen LogP contribution in [0.25, 0.3) is 5.69 Å². The Morgan fingerprint density at radius 1 is 1.27 bits per heavy atom. The van der Waals surface area contributed by atoms with Crippen LogP contribution in [-0.4, -0.2) is 19.9 Å². The lowest BCUT2D eigenvalue weighted by Gasteiger charge is -2.08. The van der Waals surface area contributed by atoms with Crippen LogP contribution in [0.4, 0.5) is 5.69 Å². The Balaban J connectivity index is 1.47. The Morgan fingerprint density at radius 3 is 2.86 bits per heavy atom. The maximum Gasteiger partial charge on any atom is 0.248 e. The van der Waals surface area contributed by atoms with Gasteiger partial charge in [0.2, 0.25) is 5.89 Å². The minimum atomic E-state index is -0.0478. The molecule has 4 rings (SSSR count). The van der Waals surface area contributed by atoms with Crippen LogP contribution in [0.5, 0.6) is 0 Å². The molecule has 22 heavy (non-hydrogen) atoms. The zero-order valence-electron chi connectivity index (χ0n) is 12.3. The van der Waals surface area contributed by atoms with E-state index in [4.69, 9.17) is 4.52 Å². The molecule has 6 heteroatoms. The molecule has 0 aliphatic heterocycles. The summed E-state index contributed by atoms with van der Waals surface area (Å²) in [6.45, 7) is 2.00. The second-order valence-corrected chi connectivity index (χ2v) is 5.64. The maximum absolute atomic E-state index is 5.34. The minimum absolute atomic E-state index is 0.0478. The van der Waals surface area contributed by atoms with Crippen molar-refractivity contribution >= 4 is 5.69 Å². The molecule has 3 aromatic rings. The normalized spacial score (nSPS) is 15.7. The predicted octanol–water partition coefficient (Wildman–Crippen LogP) is 3.31. The highest BCUT2D eigenvalue weighted by Gasteiger charge is 2.29. The van der Waals surface area contributed by atoms with E-state index >= 15 is 0 Å². The van der Waals surface area contributed by atoms with Crippen molar-refractivity contribution in [1.82, 2.24) is 19.9 Å². The van der Waals surface area contributed by atoms with E-state index in [1.807, 2.05) is 48.1 Å². The first kappa shape index (κ1) is 13.1. The fraction of sp³-hybridized carbons (Fsp3) is 0.312. The second-order valence-electron chi connectivity index (χ2n) is 5.64. The largest absolute Gasteiger partial charge is 0.371 e. The van der Waals surface area contributed by atoms with Gasteiger partial charge in [-0.25, -0.2) is 4.68 Å². The molecular formula is C16H17N5O. The molecule has 0 spiro atoms. The lowest BCUT2D eigenvalue weighted by Crippen LogP contribution is -2.06. The average Bonchev–Trinajstić information content (AvgIpc) is 3.10. The van der Waals surface area contributed by atoms with Gasteiger partial charge in [0, 0.05) is 5.92 Å². The van der Waals surface area contributed by atoms with E-state index in [-0.39, 0.29) is 6.04 Å². The number of nitrogens with one attached hydrogen (secondary N) is 1. The highest BCUT2D eigenvalue weighted by atomic mass is 16.5. The lowest BCUT2D eigenvalue weighted by molar-refractivity contribution is 0.363. The van der Waals surface area contributed by atoms with Crippen LogP contribution in [0, 0.1) is 0 Å².